The van der Waals surface area contributed by atoms with Gasteiger partial charge in [-0.2, -0.15) is 0 Å². The summed E-state index contributed by atoms with van der Waals surface area (Å²) in [5.41, 5.74) is 1.04. The molecular formula is C16H12N2O5S2. The van der Waals surface area contributed by atoms with Crippen molar-refractivity contribution < 1.29 is 24.3 Å². The lowest BCUT2D eigenvalue weighted by atomic mass is 10.1. The molecule has 0 aliphatic carbocycles. The summed E-state index contributed by atoms with van der Waals surface area (Å²) in [6, 6.07) is 6.70. The van der Waals surface area contributed by atoms with Crippen LogP contribution in [-0.2, 0) is 19.2 Å². The molecule has 0 unspecified atom stereocenters. The Labute approximate surface area is 152 Å². The summed E-state index contributed by atoms with van der Waals surface area (Å²) >= 11 is 6.10. The number of amides is 3. The van der Waals surface area contributed by atoms with E-state index in [0.717, 1.165) is 16.7 Å². The number of anilines is 1. The number of carbonyl (C=O) groups is 4. The molecule has 1 fully saturated rings. The number of thiocarbonyl (C=S) groups is 1. The summed E-state index contributed by atoms with van der Waals surface area (Å²) < 4.78 is 0.195. The third-order valence-electron chi connectivity index (χ3n) is 3.77. The quantitative estimate of drug-likeness (QED) is 0.633. The predicted molar refractivity (Wildman–Crippen MR) is 95.7 cm³/mol. The molecule has 0 spiro atoms. The number of thioether (sulfide) groups is 1. The second-order valence-corrected chi connectivity index (χ2v) is 6.99. The maximum atomic E-state index is 12.7. The average molecular weight is 376 g/mol. The molecule has 2 aliphatic rings. The summed E-state index contributed by atoms with van der Waals surface area (Å²) in [6.07, 6.45) is -0.251. The second-order valence-electron chi connectivity index (χ2n) is 5.35. The van der Waals surface area contributed by atoms with Crippen molar-refractivity contribution in [3.63, 3.8) is 0 Å². The van der Waals surface area contributed by atoms with E-state index in [0.29, 0.717) is 11.3 Å². The first-order valence-corrected chi connectivity index (χ1v) is 8.49. The Kier molecular flexibility index (Phi) is 4.44. The number of carboxylic acid groups (broad SMARTS) is 1. The molecule has 0 bridgehead atoms. The third kappa shape index (κ3) is 2.85. The van der Waals surface area contributed by atoms with Crippen molar-refractivity contribution in [2.75, 3.05) is 11.4 Å². The van der Waals surface area contributed by atoms with Crippen molar-refractivity contribution in [3.05, 3.63) is 34.7 Å². The number of imide groups is 1. The molecule has 2 heterocycles. The van der Waals surface area contributed by atoms with Crippen molar-refractivity contribution in [2.24, 2.45) is 0 Å². The topological polar surface area (TPSA) is 95.0 Å². The smallest absolute Gasteiger partial charge is 0.305 e. The molecule has 3 rings (SSSR count). The fourth-order valence-electron chi connectivity index (χ4n) is 2.70. The number of hydrogen-bond donors (Lipinski definition) is 1. The van der Waals surface area contributed by atoms with Crippen molar-refractivity contribution in [3.8, 4) is 0 Å². The number of carboxylic acids is 1. The fraction of sp³-hybridized carbons (Fsp3) is 0.188. The van der Waals surface area contributed by atoms with Gasteiger partial charge in [-0.1, -0.05) is 42.2 Å². The molecule has 0 radical (unpaired) electrons. The van der Waals surface area contributed by atoms with Gasteiger partial charge in [-0.05, 0) is 6.07 Å². The van der Waals surface area contributed by atoms with Crippen LogP contribution in [0.2, 0.25) is 0 Å². The zero-order chi connectivity index (χ0) is 18.3. The molecule has 7 nitrogen and oxygen atoms in total. The maximum absolute atomic E-state index is 12.7. The largest absolute Gasteiger partial charge is 0.481 e. The number of hydrogen-bond acceptors (Lipinski definition) is 6. The van der Waals surface area contributed by atoms with E-state index in [1.54, 1.807) is 24.3 Å². The Morgan fingerprint density at radius 3 is 2.52 bits per heavy atom. The third-order valence-corrected chi connectivity index (χ3v) is 5.22. The Bertz CT molecular complexity index is 877. The van der Waals surface area contributed by atoms with Gasteiger partial charge in [0.25, 0.3) is 11.8 Å². The molecule has 25 heavy (non-hydrogen) atoms. The van der Waals surface area contributed by atoms with Crippen LogP contribution in [0.3, 0.4) is 0 Å². The van der Waals surface area contributed by atoms with Crippen molar-refractivity contribution >= 4 is 63.3 Å². The lowest BCUT2D eigenvalue weighted by molar-refractivity contribution is -0.137. The van der Waals surface area contributed by atoms with E-state index in [2.05, 4.69) is 0 Å². The van der Waals surface area contributed by atoms with Crippen LogP contribution in [0.25, 0.3) is 5.57 Å². The Morgan fingerprint density at radius 1 is 1.20 bits per heavy atom. The number of benzene rings is 1. The molecule has 1 saturated heterocycles. The van der Waals surface area contributed by atoms with Gasteiger partial charge in [-0.3, -0.25) is 24.1 Å². The minimum absolute atomic E-state index is 0.0664. The molecule has 9 heteroatoms. The zero-order valence-corrected chi connectivity index (χ0v) is 14.6. The van der Waals surface area contributed by atoms with Gasteiger partial charge in [-0.15, -0.1) is 0 Å². The van der Waals surface area contributed by atoms with Gasteiger partial charge < -0.3 is 5.11 Å². The average Bonchev–Trinajstić information content (AvgIpc) is 2.98. The van der Waals surface area contributed by atoms with Crippen LogP contribution in [0.1, 0.15) is 18.9 Å². The predicted octanol–water partition coefficient (Wildman–Crippen LogP) is 1.63. The maximum Gasteiger partial charge on any atom is 0.305 e. The number of aliphatic carboxylic acids is 1. The van der Waals surface area contributed by atoms with Gasteiger partial charge in [0.05, 0.1) is 22.6 Å². The minimum atomic E-state index is -1.05. The Hall–Kier alpha value is -2.52. The zero-order valence-electron chi connectivity index (χ0n) is 13.0. The summed E-state index contributed by atoms with van der Waals surface area (Å²) in [7, 11) is 0. The number of para-hydroxylation sites is 1. The van der Waals surface area contributed by atoms with E-state index in [-0.39, 0.29) is 27.8 Å². The highest BCUT2D eigenvalue weighted by Gasteiger charge is 2.43. The fourth-order valence-corrected chi connectivity index (χ4v) is 4.08. The number of rotatable bonds is 3. The lowest BCUT2D eigenvalue weighted by Crippen LogP contribution is -2.32. The molecule has 0 atom stereocenters. The lowest BCUT2D eigenvalue weighted by Gasteiger charge is -2.12. The van der Waals surface area contributed by atoms with Crippen LogP contribution < -0.4 is 4.90 Å². The van der Waals surface area contributed by atoms with Crippen LogP contribution in [0, 0.1) is 0 Å². The SMILES string of the molecule is CC(=O)N1C(=O)C(=C2SC(=S)N(CCC(=O)O)C2=O)c2ccccc21. The van der Waals surface area contributed by atoms with Gasteiger partial charge >= 0.3 is 5.97 Å². The molecule has 1 N–H and O–H groups in total. The summed E-state index contributed by atoms with van der Waals surface area (Å²) in [5, 5.41) is 8.79. The van der Waals surface area contributed by atoms with E-state index in [9.17, 15) is 19.2 Å². The molecule has 0 saturated carbocycles. The Balaban J connectivity index is 2.07. The van der Waals surface area contributed by atoms with Crippen LogP contribution in [-0.4, -0.2) is 44.6 Å². The van der Waals surface area contributed by atoms with Gasteiger partial charge in [-0.25, -0.2) is 4.90 Å². The standard InChI is InChI=1S/C16H12N2O5S2/c1-8(19)18-10-5-3-2-4-9(10)12(14(18)22)13-15(23)17(16(24)25-13)7-6-11(20)21/h2-5H,6-7H2,1H3,(H,20,21). The highest BCUT2D eigenvalue weighted by Crippen LogP contribution is 2.44. The Morgan fingerprint density at radius 2 is 1.88 bits per heavy atom. The first kappa shape index (κ1) is 17.3. The van der Waals surface area contributed by atoms with E-state index < -0.39 is 23.7 Å². The number of nitrogens with zero attached hydrogens (tertiary/aromatic N) is 2. The summed E-state index contributed by atoms with van der Waals surface area (Å²) in [4.78, 5) is 50.3. The number of carbonyl (C=O) groups excluding carboxylic acids is 3. The monoisotopic (exact) mass is 376 g/mol. The van der Waals surface area contributed by atoms with Crippen LogP contribution in [0.15, 0.2) is 29.2 Å². The molecular weight excluding hydrogens is 364 g/mol. The van der Waals surface area contributed by atoms with E-state index >= 15 is 0 Å². The normalized spacial score (nSPS) is 19.6. The van der Waals surface area contributed by atoms with Crippen molar-refractivity contribution in [2.45, 2.75) is 13.3 Å². The highest BCUT2D eigenvalue weighted by molar-refractivity contribution is 8.26. The molecule has 2 aliphatic heterocycles. The second kappa shape index (κ2) is 6.41. The van der Waals surface area contributed by atoms with E-state index in [4.69, 9.17) is 17.3 Å². The molecule has 128 valence electrons. The number of fused-ring (bicyclic) bond motifs is 1. The van der Waals surface area contributed by atoms with Crippen molar-refractivity contribution in [1.29, 1.82) is 0 Å². The van der Waals surface area contributed by atoms with Gasteiger partial charge in [0.1, 0.15) is 4.32 Å². The molecule has 0 aromatic heterocycles. The van der Waals surface area contributed by atoms with Gasteiger partial charge in [0, 0.05) is 19.0 Å². The van der Waals surface area contributed by atoms with Crippen LogP contribution in [0.4, 0.5) is 5.69 Å². The molecule has 1 aromatic rings. The van der Waals surface area contributed by atoms with Crippen LogP contribution >= 0.6 is 24.0 Å². The van der Waals surface area contributed by atoms with Gasteiger partial charge in [0.15, 0.2) is 0 Å². The molecule has 3 amide bonds. The minimum Gasteiger partial charge on any atom is -0.481 e. The van der Waals surface area contributed by atoms with Gasteiger partial charge in [0.2, 0.25) is 5.91 Å². The van der Waals surface area contributed by atoms with E-state index in [1.807, 2.05) is 0 Å². The summed E-state index contributed by atoms with van der Waals surface area (Å²) in [5.74, 6) is -2.59. The van der Waals surface area contributed by atoms with E-state index in [1.165, 1.54) is 11.8 Å². The first-order valence-electron chi connectivity index (χ1n) is 7.27. The molecule has 1 aromatic carbocycles. The highest BCUT2D eigenvalue weighted by atomic mass is 32.2. The summed E-state index contributed by atoms with van der Waals surface area (Å²) in [6.45, 7) is 1.21. The van der Waals surface area contributed by atoms with Crippen molar-refractivity contribution in [1.82, 2.24) is 4.90 Å². The van der Waals surface area contributed by atoms with Crippen LogP contribution in [0.5, 0.6) is 0 Å². The first-order chi connectivity index (χ1) is 11.8.